The lowest BCUT2D eigenvalue weighted by Gasteiger charge is -2.34. The van der Waals surface area contributed by atoms with Gasteiger partial charge in [0.2, 0.25) is 15.7 Å². The Hall–Kier alpha value is -3.03. The van der Waals surface area contributed by atoms with E-state index in [4.69, 9.17) is 5.26 Å². The summed E-state index contributed by atoms with van der Waals surface area (Å²) in [7, 11) is -3.60. The van der Waals surface area contributed by atoms with E-state index in [0.29, 0.717) is 24.8 Å². The van der Waals surface area contributed by atoms with Gasteiger partial charge in [0, 0.05) is 32.2 Å². The van der Waals surface area contributed by atoms with Crippen molar-refractivity contribution >= 4 is 21.5 Å². The van der Waals surface area contributed by atoms with Gasteiger partial charge in [-0.3, -0.25) is 10.1 Å². The van der Waals surface area contributed by atoms with E-state index in [2.05, 4.69) is 18.8 Å². The maximum absolute atomic E-state index is 13.0. The highest BCUT2D eigenvalue weighted by molar-refractivity contribution is 7.89. The molecule has 1 unspecified atom stereocenters. The average molecular weight is 430 g/mol. The van der Waals surface area contributed by atoms with Gasteiger partial charge < -0.3 is 4.90 Å². The summed E-state index contributed by atoms with van der Waals surface area (Å²) in [5, 5.41) is 20.1. The summed E-state index contributed by atoms with van der Waals surface area (Å²) < 4.78 is 27.4. The molecule has 3 rings (SSSR count). The first kappa shape index (κ1) is 21.7. The molecular formula is C20H23N5O4S. The van der Waals surface area contributed by atoms with Crippen LogP contribution in [0.4, 0.5) is 11.5 Å². The van der Waals surface area contributed by atoms with Gasteiger partial charge in [0.15, 0.2) is 0 Å². The molecule has 0 saturated carbocycles. The maximum Gasteiger partial charge on any atom is 0.305 e. The zero-order valence-corrected chi connectivity index (χ0v) is 17.7. The number of nitro groups is 1. The van der Waals surface area contributed by atoms with Gasteiger partial charge in [0.05, 0.1) is 9.82 Å². The Kier molecular flexibility index (Phi) is 6.34. The first-order valence-electron chi connectivity index (χ1n) is 9.68. The molecule has 9 nitrogen and oxygen atoms in total. The van der Waals surface area contributed by atoms with Gasteiger partial charge in [-0.15, -0.1) is 0 Å². The Balaban J connectivity index is 1.72. The molecule has 1 aromatic carbocycles. The predicted octanol–water partition coefficient (Wildman–Crippen LogP) is 2.89. The van der Waals surface area contributed by atoms with Crippen molar-refractivity contribution in [3.05, 3.63) is 57.8 Å². The number of pyridine rings is 1. The van der Waals surface area contributed by atoms with Crippen molar-refractivity contribution in [1.29, 1.82) is 5.26 Å². The standard InChI is InChI=1S/C20H23N5O4S/c1-3-15(2)16-4-6-17(7-5-16)30(28,29)24-12-10-23(11-13-24)20-9-8-19(25(26)27)18(14-21)22-20/h4-9,15H,3,10-13H2,1-2H3. The van der Waals surface area contributed by atoms with E-state index >= 15 is 0 Å². The number of piperazine rings is 1. The first-order chi connectivity index (χ1) is 14.3. The summed E-state index contributed by atoms with van der Waals surface area (Å²) in [4.78, 5) is 16.5. The molecule has 0 amide bonds. The second kappa shape index (κ2) is 8.77. The van der Waals surface area contributed by atoms with E-state index < -0.39 is 14.9 Å². The second-order valence-corrected chi connectivity index (χ2v) is 9.11. The van der Waals surface area contributed by atoms with Crippen LogP contribution in [-0.4, -0.2) is 48.8 Å². The fourth-order valence-electron chi connectivity index (χ4n) is 3.36. The highest BCUT2D eigenvalue weighted by atomic mass is 32.2. The normalized spacial score (nSPS) is 16.1. The predicted molar refractivity (Wildman–Crippen MR) is 112 cm³/mol. The number of rotatable bonds is 6. The first-order valence-corrected chi connectivity index (χ1v) is 11.1. The Labute approximate surface area is 175 Å². The smallest absolute Gasteiger partial charge is 0.305 e. The van der Waals surface area contributed by atoms with Crippen molar-refractivity contribution in [3.8, 4) is 6.07 Å². The topological polar surface area (TPSA) is 120 Å². The molecule has 0 bridgehead atoms. The Morgan fingerprint density at radius 1 is 1.17 bits per heavy atom. The third-order valence-electron chi connectivity index (χ3n) is 5.42. The zero-order valence-electron chi connectivity index (χ0n) is 16.9. The highest BCUT2D eigenvalue weighted by Gasteiger charge is 2.29. The maximum atomic E-state index is 13.0. The molecule has 0 radical (unpaired) electrons. The van der Waals surface area contributed by atoms with Crippen LogP contribution in [0.15, 0.2) is 41.3 Å². The van der Waals surface area contributed by atoms with Gasteiger partial charge >= 0.3 is 5.69 Å². The third-order valence-corrected chi connectivity index (χ3v) is 7.34. The minimum Gasteiger partial charge on any atom is -0.354 e. The molecule has 1 saturated heterocycles. The molecule has 30 heavy (non-hydrogen) atoms. The van der Waals surface area contributed by atoms with Gasteiger partial charge in [-0.2, -0.15) is 9.57 Å². The van der Waals surface area contributed by atoms with E-state index in [-0.39, 0.29) is 29.4 Å². The van der Waals surface area contributed by atoms with Crippen LogP contribution in [0, 0.1) is 21.4 Å². The van der Waals surface area contributed by atoms with Gasteiger partial charge in [0.1, 0.15) is 11.9 Å². The molecule has 10 heteroatoms. The van der Waals surface area contributed by atoms with Crippen LogP contribution in [0.1, 0.15) is 37.4 Å². The van der Waals surface area contributed by atoms with Crippen molar-refractivity contribution < 1.29 is 13.3 Å². The summed E-state index contributed by atoms with van der Waals surface area (Å²) >= 11 is 0. The van der Waals surface area contributed by atoms with E-state index in [0.717, 1.165) is 12.0 Å². The summed E-state index contributed by atoms with van der Waals surface area (Å²) in [6.45, 7) is 5.46. The monoisotopic (exact) mass is 429 g/mol. The van der Waals surface area contributed by atoms with Crippen LogP contribution in [-0.2, 0) is 10.0 Å². The van der Waals surface area contributed by atoms with Crippen molar-refractivity contribution in [1.82, 2.24) is 9.29 Å². The largest absolute Gasteiger partial charge is 0.354 e. The summed E-state index contributed by atoms with van der Waals surface area (Å²) in [6, 6.07) is 11.5. The summed E-state index contributed by atoms with van der Waals surface area (Å²) in [5.41, 5.74) is 0.510. The molecule has 0 N–H and O–H groups in total. The van der Waals surface area contributed by atoms with Crippen molar-refractivity contribution in [2.45, 2.75) is 31.1 Å². The third kappa shape index (κ3) is 4.27. The van der Waals surface area contributed by atoms with Gasteiger partial charge in [-0.05, 0) is 36.1 Å². The van der Waals surface area contributed by atoms with E-state index in [1.54, 1.807) is 18.2 Å². The summed E-state index contributed by atoms with van der Waals surface area (Å²) in [5.74, 6) is 0.796. The molecular weight excluding hydrogens is 406 g/mol. The molecule has 2 aromatic rings. The number of nitriles is 1. The second-order valence-electron chi connectivity index (χ2n) is 7.18. The lowest BCUT2D eigenvalue weighted by molar-refractivity contribution is -0.385. The Bertz CT molecular complexity index is 1070. The number of nitrogens with zero attached hydrogens (tertiary/aromatic N) is 5. The van der Waals surface area contributed by atoms with Crippen LogP contribution < -0.4 is 4.90 Å². The lowest BCUT2D eigenvalue weighted by Crippen LogP contribution is -2.48. The lowest BCUT2D eigenvalue weighted by atomic mass is 9.99. The molecule has 1 atom stereocenters. The van der Waals surface area contributed by atoms with Crippen LogP contribution in [0.3, 0.4) is 0 Å². The molecule has 1 aromatic heterocycles. The van der Waals surface area contributed by atoms with Crippen LogP contribution >= 0.6 is 0 Å². The van der Waals surface area contributed by atoms with Crippen molar-refractivity contribution in [2.75, 3.05) is 31.1 Å². The molecule has 158 valence electrons. The number of anilines is 1. The van der Waals surface area contributed by atoms with Gasteiger partial charge in [0.25, 0.3) is 0 Å². The SMILES string of the molecule is CCC(C)c1ccc(S(=O)(=O)N2CCN(c3ccc([N+](=O)[O-])c(C#N)n3)CC2)cc1. The number of aromatic nitrogens is 1. The average Bonchev–Trinajstić information content (AvgIpc) is 2.78. The molecule has 1 aliphatic rings. The minimum atomic E-state index is -3.60. The Morgan fingerprint density at radius 2 is 1.80 bits per heavy atom. The number of sulfonamides is 1. The molecule has 0 spiro atoms. The fraction of sp³-hybridized carbons (Fsp3) is 0.400. The molecule has 2 heterocycles. The van der Waals surface area contributed by atoms with Crippen molar-refractivity contribution in [2.24, 2.45) is 0 Å². The minimum absolute atomic E-state index is 0.256. The van der Waals surface area contributed by atoms with Gasteiger partial charge in [-0.25, -0.2) is 13.4 Å². The van der Waals surface area contributed by atoms with Crippen LogP contribution in [0.2, 0.25) is 0 Å². The molecule has 0 aliphatic carbocycles. The van der Waals surface area contributed by atoms with E-state index in [1.807, 2.05) is 17.0 Å². The fourth-order valence-corrected chi connectivity index (χ4v) is 4.78. The highest BCUT2D eigenvalue weighted by Crippen LogP contribution is 2.25. The number of hydrogen-bond acceptors (Lipinski definition) is 7. The number of benzene rings is 1. The van der Waals surface area contributed by atoms with Crippen LogP contribution in [0.5, 0.6) is 0 Å². The van der Waals surface area contributed by atoms with E-state index in [9.17, 15) is 18.5 Å². The van der Waals surface area contributed by atoms with E-state index in [1.165, 1.54) is 16.4 Å². The Morgan fingerprint density at radius 3 is 2.33 bits per heavy atom. The van der Waals surface area contributed by atoms with Gasteiger partial charge in [-0.1, -0.05) is 26.0 Å². The molecule has 1 fully saturated rings. The number of hydrogen-bond donors (Lipinski definition) is 0. The van der Waals surface area contributed by atoms with Crippen LogP contribution in [0.25, 0.3) is 0 Å². The zero-order chi connectivity index (χ0) is 21.9. The summed E-state index contributed by atoms with van der Waals surface area (Å²) in [6.07, 6.45) is 0.984. The van der Waals surface area contributed by atoms with Crippen molar-refractivity contribution in [3.63, 3.8) is 0 Å². The quantitative estimate of drug-likeness (QED) is 0.511. The molecule has 1 aliphatic heterocycles.